The molecule has 0 unspecified atom stereocenters. The maximum atomic E-state index is 12.4. The maximum absolute atomic E-state index is 12.4. The molecule has 2 amide bonds. The molecule has 0 bridgehead atoms. The number of benzene rings is 1. The van der Waals surface area contributed by atoms with Crippen LogP contribution in [0.5, 0.6) is 5.75 Å². The zero-order valence-corrected chi connectivity index (χ0v) is 17.0. The number of hydrogen-bond acceptors (Lipinski definition) is 6. The molecule has 1 saturated heterocycles. The van der Waals surface area contributed by atoms with Gasteiger partial charge in [0.1, 0.15) is 11.6 Å². The van der Waals surface area contributed by atoms with Gasteiger partial charge in [0.05, 0.1) is 4.92 Å². The molecule has 152 valence electrons. The number of nitrogens with one attached hydrogen (secondary N) is 1. The number of carbonyl (C=O) groups is 2. The van der Waals surface area contributed by atoms with Gasteiger partial charge < -0.3 is 15.0 Å². The molecule has 9 nitrogen and oxygen atoms in total. The first-order valence-corrected chi connectivity index (χ1v) is 9.79. The summed E-state index contributed by atoms with van der Waals surface area (Å²) < 4.78 is 6.25. The molecule has 0 aliphatic carbocycles. The van der Waals surface area contributed by atoms with Crippen molar-refractivity contribution in [2.75, 3.05) is 25.0 Å². The summed E-state index contributed by atoms with van der Waals surface area (Å²) >= 11 is 3.29. The fourth-order valence-corrected chi connectivity index (χ4v) is 3.20. The molecule has 1 aliphatic heterocycles. The maximum Gasteiger partial charge on any atom is 0.269 e. The zero-order chi connectivity index (χ0) is 20.8. The Kier molecular flexibility index (Phi) is 6.76. The van der Waals surface area contributed by atoms with Crippen LogP contribution in [-0.2, 0) is 9.59 Å². The highest BCUT2D eigenvalue weighted by molar-refractivity contribution is 9.10. The summed E-state index contributed by atoms with van der Waals surface area (Å²) in [4.78, 5) is 40.6. The fraction of sp³-hybridized carbons (Fsp3) is 0.316. The number of pyridine rings is 1. The SMILES string of the molecule is O=C(Nc1ccc(Br)cn1)C1CCN(C(=O)COc2ccc([N+](=O)[O-])cc2)CC1. The van der Waals surface area contributed by atoms with Crippen molar-refractivity contribution >= 4 is 39.2 Å². The number of aromatic nitrogens is 1. The third-order valence-electron chi connectivity index (χ3n) is 4.61. The average molecular weight is 463 g/mol. The number of nitrogens with zero attached hydrogens (tertiary/aromatic N) is 3. The molecule has 2 heterocycles. The number of likely N-dealkylation sites (tertiary alicyclic amines) is 1. The van der Waals surface area contributed by atoms with Gasteiger partial charge in [-0.3, -0.25) is 19.7 Å². The summed E-state index contributed by atoms with van der Waals surface area (Å²) in [6, 6.07) is 9.08. The second-order valence-electron chi connectivity index (χ2n) is 6.55. The van der Waals surface area contributed by atoms with Crippen LogP contribution in [0.15, 0.2) is 47.1 Å². The molecule has 0 radical (unpaired) electrons. The van der Waals surface area contributed by atoms with Gasteiger partial charge in [-0.2, -0.15) is 0 Å². The Balaban J connectivity index is 1.43. The van der Waals surface area contributed by atoms with E-state index in [0.29, 0.717) is 37.5 Å². The summed E-state index contributed by atoms with van der Waals surface area (Å²) in [5.41, 5.74) is -0.0395. The first-order valence-electron chi connectivity index (χ1n) is 9.00. The molecule has 1 N–H and O–H groups in total. The van der Waals surface area contributed by atoms with Crippen molar-refractivity contribution in [1.82, 2.24) is 9.88 Å². The molecule has 1 aromatic heterocycles. The van der Waals surface area contributed by atoms with E-state index >= 15 is 0 Å². The number of halogens is 1. The summed E-state index contributed by atoms with van der Waals surface area (Å²) in [5, 5.41) is 13.4. The van der Waals surface area contributed by atoms with E-state index in [1.807, 2.05) is 0 Å². The molecule has 0 saturated carbocycles. The number of anilines is 1. The smallest absolute Gasteiger partial charge is 0.269 e. The number of nitro benzene ring substituents is 1. The average Bonchev–Trinajstić information content (AvgIpc) is 2.74. The van der Waals surface area contributed by atoms with E-state index in [0.717, 1.165) is 4.47 Å². The molecular weight excluding hydrogens is 444 g/mol. The van der Waals surface area contributed by atoms with Crippen LogP contribution in [0.3, 0.4) is 0 Å². The summed E-state index contributed by atoms with van der Waals surface area (Å²) in [7, 11) is 0. The van der Waals surface area contributed by atoms with Gasteiger partial charge in [0.2, 0.25) is 5.91 Å². The zero-order valence-electron chi connectivity index (χ0n) is 15.4. The summed E-state index contributed by atoms with van der Waals surface area (Å²) in [5.74, 6) is 0.416. The number of hydrogen-bond donors (Lipinski definition) is 1. The number of ether oxygens (including phenoxy) is 1. The van der Waals surface area contributed by atoms with Crippen molar-refractivity contribution in [2.24, 2.45) is 5.92 Å². The Morgan fingerprint density at radius 3 is 2.48 bits per heavy atom. The lowest BCUT2D eigenvalue weighted by molar-refractivity contribution is -0.384. The molecule has 29 heavy (non-hydrogen) atoms. The molecule has 10 heteroatoms. The van der Waals surface area contributed by atoms with Gasteiger partial charge in [-0.05, 0) is 53.0 Å². The van der Waals surface area contributed by atoms with Crippen LogP contribution in [0, 0.1) is 16.0 Å². The van der Waals surface area contributed by atoms with Crippen LogP contribution in [0.4, 0.5) is 11.5 Å². The second-order valence-corrected chi connectivity index (χ2v) is 7.46. The number of nitro groups is 1. The number of non-ortho nitro benzene ring substituents is 1. The lowest BCUT2D eigenvalue weighted by Gasteiger charge is -2.31. The number of rotatable bonds is 6. The Morgan fingerprint density at radius 1 is 1.21 bits per heavy atom. The van der Waals surface area contributed by atoms with E-state index in [1.54, 1.807) is 23.2 Å². The molecule has 1 aliphatic rings. The highest BCUT2D eigenvalue weighted by atomic mass is 79.9. The van der Waals surface area contributed by atoms with E-state index in [2.05, 4.69) is 26.2 Å². The van der Waals surface area contributed by atoms with E-state index in [9.17, 15) is 19.7 Å². The van der Waals surface area contributed by atoms with Gasteiger partial charge >= 0.3 is 0 Å². The van der Waals surface area contributed by atoms with Crippen molar-refractivity contribution in [3.63, 3.8) is 0 Å². The van der Waals surface area contributed by atoms with Gasteiger partial charge in [-0.1, -0.05) is 0 Å². The minimum atomic E-state index is -0.498. The van der Waals surface area contributed by atoms with Crippen LogP contribution in [0.2, 0.25) is 0 Å². The van der Waals surface area contributed by atoms with Gasteiger partial charge in [0.15, 0.2) is 6.61 Å². The Morgan fingerprint density at radius 2 is 1.90 bits per heavy atom. The Hall–Kier alpha value is -3.01. The normalized spacial score (nSPS) is 14.3. The van der Waals surface area contributed by atoms with Crippen molar-refractivity contribution < 1.29 is 19.2 Å². The molecular formula is C19H19BrN4O5. The summed E-state index contributed by atoms with van der Waals surface area (Å²) in [6.45, 7) is 0.778. The second kappa shape index (κ2) is 9.46. The van der Waals surface area contributed by atoms with Crippen LogP contribution in [0.25, 0.3) is 0 Å². The standard InChI is InChI=1S/C19H19BrN4O5/c20-14-1-6-17(21-11-14)22-19(26)13-7-9-23(10-8-13)18(25)12-29-16-4-2-15(3-5-16)24(27)28/h1-6,11,13H,7-10,12H2,(H,21,22,26). The van der Waals surface area contributed by atoms with Crippen molar-refractivity contribution in [2.45, 2.75) is 12.8 Å². The van der Waals surface area contributed by atoms with Crippen LogP contribution >= 0.6 is 15.9 Å². The highest BCUT2D eigenvalue weighted by Crippen LogP contribution is 2.21. The molecule has 2 aromatic rings. The summed E-state index contributed by atoms with van der Waals surface area (Å²) in [6.07, 6.45) is 2.74. The quantitative estimate of drug-likeness (QED) is 0.521. The van der Waals surface area contributed by atoms with Gasteiger partial charge in [-0.25, -0.2) is 4.98 Å². The first kappa shape index (κ1) is 20.7. The van der Waals surface area contributed by atoms with Crippen LogP contribution in [0.1, 0.15) is 12.8 Å². The monoisotopic (exact) mass is 462 g/mol. The number of piperidine rings is 1. The number of amides is 2. The lowest BCUT2D eigenvalue weighted by Crippen LogP contribution is -2.43. The van der Waals surface area contributed by atoms with Gasteiger partial charge in [-0.15, -0.1) is 0 Å². The van der Waals surface area contributed by atoms with E-state index in [1.165, 1.54) is 24.3 Å². The lowest BCUT2D eigenvalue weighted by atomic mass is 9.96. The fourth-order valence-electron chi connectivity index (χ4n) is 2.97. The molecule has 3 rings (SSSR count). The van der Waals surface area contributed by atoms with Crippen LogP contribution in [-0.4, -0.2) is 46.3 Å². The van der Waals surface area contributed by atoms with E-state index in [4.69, 9.17) is 4.74 Å². The Labute approximate surface area is 175 Å². The van der Waals surface area contributed by atoms with Gasteiger partial charge in [0, 0.05) is 41.8 Å². The highest BCUT2D eigenvalue weighted by Gasteiger charge is 2.27. The predicted molar refractivity (Wildman–Crippen MR) is 108 cm³/mol. The minimum Gasteiger partial charge on any atom is -0.484 e. The minimum absolute atomic E-state index is 0.0395. The Bertz CT molecular complexity index is 880. The first-order chi connectivity index (χ1) is 13.9. The molecule has 0 atom stereocenters. The topological polar surface area (TPSA) is 115 Å². The molecule has 0 spiro atoms. The largest absolute Gasteiger partial charge is 0.484 e. The van der Waals surface area contributed by atoms with Crippen molar-refractivity contribution in [3.8, 4) is 5.75 Å². The predicted octanol–water partition coefficient (Wildman–Crippen LogP) is 3.01. The third-order valence-corrected chi connectivity index (χ3v) is 5.08. The number of carbonyl (C=O) groups excluding carboxylic acids is 2. The van der Waals surface area contributed by atoms with Gasteiger partial charge in [0.25, 0.3) is 11.6 Å². The molecule has 1 aromatic carbocycles. The van der Waals surface area contributed by atoms with Crippen molar-refractivity contribution in [3.05, 3.63) is 57.2 Å². The van der Waals surface area contributed by atoms with E-state index < -0.39 is 4.92 Å². The van der Waals surface area contributed by atoms with Crippen LogP contribution < -0.4 is 10.1 Å². The molecule has 1 fully saturated rings. The van der Waals surface area contributed by atoms with Crippen molar-refractivity contribution in [1.29, 1.82) is 0 Å². The van der Waals surface area contributed by atoms with E-state index in [-0.39, 0.29) is 30.0 Å². The third kappa shape index (κ3) is 5.74.